The summed E-state index contributed by atoms with van der Waals surface area (Å²) in [6.45, 7) is 0. The van der Waals surface area contributed by atoms with Gasteiger partial charge >= 0.3 is 0 Å². The van der Waals surface area contributed by atoms with Crippen molar-refractivity contribution in [1.29, 1.82) is 0 Å². The molecule has 0 atom stereocenters. The monoisotopic (exact) mass is 716 g/mol. The molecule has 11 rings (SSSR count). The molecule has 55 heavy (non-hydrogen) atoms. The molecule has 0 radical (unpaired) electrons. The fourth-order valence-corrected chi connectivity index (χ4v) is 9.28. The summed E-state index contributed by atoms with van der Waals surface area (Å²) >= 11 is 1.85. The molecule has 0 N–H and O–H groups in total. The normalized spacial score (nSPS) is 11.6. The fourth-order valence-electron chi connectivity index (χ4n) is 8.14. The first kappa shape index (κ1) is 31.6. The van der Waals surface area contributed by atoms with E-state index in [2.05, 4.69) is 176 Å². The maximum Gasteiger partial charge on any atom is 0.160 e. The van der Waals surface area contributed by atoms with Crippen LogP contribution >= 0.6 is 11.3 Å². The summed E-state index contributed by atoms with van der Waals surface area (Å²) in [4.78, 5) is 10.3. The average Bonchev–Trinajstić information content (AvgIpc) is 3.64. The van der Waals surface area contributed by atoms with Crippen molar-refractivity contribution in [3.05, 3.63) is 194 Å². The second-order valence-corrected chi connectivity index (χ2v) is 15.2. The predicted octanol–water partition coefficient (Wildman–Crippen LogP) is 14.6. The molecule has 0 unspecified atom stereocenters. The molecule has 2 aromatic heterocycles. The van der Waals surface area contributed by atoms with Gasteiger partial charge in [-0.2, -0.15) is 0 Å². The van der Waals surface area contributed by atoms with Gasteiger partial charge < -0.3 is 0 Å². The van der Waals surface area contributed by atoms with Crippen LogP contribution in [0.2, 0.25) is 0 Å². The van der Waals surface area contributed by atoms with E-state index >= 15 is 0 Å². The second kappa shape index (κ2) is 12.9. The number of nitrogens with zero attached hydrogens (tertiary/aromatic N) is 2. The maximum absolute atomic E-state index is 5.14. The number of fused-ring (bicyclic) bond motifs is 7. The van der Waals surface area contributed by atoms with E-state index in [9.17, 15) is 0 Å². The Balaban J connectivity index is 0.994. The molecule has 0 aliphatic carbocycles. The standard InChI is InChI=1S/C52H32N2S/c1-2-11-38(12-3-1)52-53-47(35-20-18-33(19-21-35)39-27-28-44-43-16-8-9-17-49(43)55-50(44)31-39)32-48(54-52)36-22-24-37(25-23-36)51-42-15-7-5-13-40(42)30-46-41-14-6-4-10-34(41)26-29-45(46)51/h1-32H. The molecule has 2 nitrogen and oxygen atoms in total. The number of aromatic nitrogens is 2. The van der Waals surface area contributed by atoms with Crippen LogP contribution in [-0.4, -0.2) is 9.97 Å². The second-order valence-electron chi connectivity index (χ2n) is 14.1. The summed E-state index contributed by atoms with van der Waals surface area (Å²) in [5.41, 5.74) is 9.72. The van der Waals surface area contributed by atoms with Crippen molar-refractivity contribution in [3.63, 3.8) is 0 Å². The summed E-state index contributed by atoms with van der Waals surface area (Å²) < 4.78 is 2.63. The van der Waals surface area contributed by atoms with Gasteiger partial charge in [-0.05, 0) is 78.8 Å². The Bertz CT molecular complexity index is 3230. The van der Waals surface area contributed by atoms with E-state index in [4.69, 9.17) is 9.97 Å². The lowest BCUT2D eigenvalue weighted by Gasteiger charge is -2.15. The largest absolute Gasteiger partial charge is 0.228 e. The SMILES string of the molecule is c1ccc(-c2nc(-c3ccc(-c4ccc5c(c4)sc4ccccc45)cc3)cc(-c3ccc(-c4c5ccccc5cc5c4ccc4ccccc45)cc3)n2)cc1. The Kier molecular flexibility index (Phi) is 7.39. The Hall–Kier alpha value is -6.94. The van der Waals surface area contributed by atoms with Crippen molar-refractivity contribution in [3.8, 4) is 56.2 Å². The van der Waals surface area contributed by atoms with E-state index < -0.39 is 0 Å². The van der Waals surface area contributed by atoms with Crippen molar-refractivity contribution >= 4 is 63.8 Å². The molecule has 2 heterocycles. The number of rotatable bonds is 5. The van der Waals surface area contributed by atoms with Crippen LogP contribution in [0.3, 0.4) is 0 Å². The van der Waals surface area contributed by atoms with E-state index in [1.807, 2.05) is 29.5 Å². The van der Waals surface area contributed by atoms with Gasteiger partial charge in [0.1, 0.15) is 0 Å². The number of hydrogen-bond acceptors (Lipinski definition) is 3. The zero-order valence-electron chi connectivity index (χ0n) is 29.8. The van der Waals surface area contributed by atoms with E-state index in [-0.39, 0.29) is 0 Å². The van der Waals surface area contributed by atoms with Crippen molar-refractivity contribution in [2.24, 2.45) is 0 Å². The summed E-state index contributed by atoms with van der Waals surface area (Å²) in [6.07, 6.45) is 0. The molecule has 0 saturated carbocycles. The lowest BCUT2D eigenvalue weighted by Crippen LogP contribution is -1.96. The number of hydrogen-bond donors (Lipinski definition) is 0. The van der Waals surface area contributed by atoms with Crippen LogP contribution in [0.5, 0.6) is 0 Å². The van der Waals surface area contributed by atoms with Gasteiger partial charge in [-0.1, -0.05) is 170 Å². The predicted molar refractivity (Wildman–Crippen MR) is 235 cm³/mol. The smallest absolute Gasteiger partial charge is 0.160 e. The summed E-state index contributed by atoms with van der Waals surface area (Å²) in [7, 11) is 0. The third-order valence-electron chi connectivity index (χ3n) is 10.9. The lowest BCUT2D eigenvalue weighted by atomic mass is 9.89. The minimum Gasteiger partial charge on any atom is -0.228 e. The molecule has 256 valence electrons. The first-order valence-corrected chi connectivity index (χ1v) is 19.5. The van der Waals surface area contributed by atoms with Crippen LogP contribution in [0, 0.1) is 0 Å². The molecule has 9 aromatic carbocycles. The lowest BCUT2D eigenvalue weighted by molar-refractivity contribution is 1.18. The molecular weight excluding hydrogens is 685 g/mol. The topological polar surface area (TPSA) is 25.8 Å². The number of benzene rings is 9. The molecule has 11 aromatic rings. The molecule has 0 aliphatic rings. The molecule has 3 heteroatoms. The zero-order chi connectivity index (χ0) is 36.3. The van der Waals surface area contributed by atoms with Crippen molar-refractivity contribution in [2.45, 2.75) is 0 Å². The van der Waals surface area contributed by atoms with Crippen LogP contribution in [0.25, 0.3) is 109 Å². The highest BCUT2D eigenvalue weighted by atomic mass is 32.1. The van der Waals surface area contributed by atoms with E-state index in [0.717, 1.165) is 28.1 Å². The summed E-state index contributed by atoms with van der Waals surface area (Å²) in [6, 6.07) is 69.8. The molecule has 0 amide bonds. The molecule has 0 saturated heterocycles. The number of thiophene rings is 1. The first-order valence-electron chi connectivity index (χ1n) is 18.6. The third-order valence-corrected chi connectivity index (χ3v) is 12.0. The van der Waals surface area contributed by atoms with Crippen LogP contribution in [0.1, 0.15) is 0 Å². The molecule has 0 aliphatic heterocycles. The van der Waals surface area contributed by atoms with Crippen LogP contribution in [0.4, 0.5) is 0 Å². The minimum absolute atomic E-state index is 0.711. The average molecular weight is 717 g/mol. The van der Waals surface area contributed by atoms with Gasteiger partial charge in [-0.15, -0.1) is 11.3 Å². The van der Waals surface area contributed by atoms with Crippen LogP contribution < -0.4 is 0 Å². The molecule has 0 spiro atoms. The summed E-state index contributed by atoms with van der Waals surface area (Å²) in [5.74, 6) is 0.711. The van der Waals surface area contributed by atoms with E-state index in [1.165, 1.54) is 74.7 Å². The fraction of sp³-hybridized carbons (Fsp3) is 0. The van der Waals surface area contributed by atoms with Crippen LogP contribution in [0.15, 0.2) is 194 Å². The highest BCUT2D eigenvalue weighted by Gasteiger charge is 2.15. The molecule has 0 bridgehead atoms. The van der Waals surface area contributed by atoms with Crippen molar-refractivity contribution in [1.82, 2.24) is 9.97 Å². The van der Waals surface area contributed by atoms with Gasteiger partial charge in [0.05, 0.1) is 11.4 Å². The Morgan fingerprint density at radius 1 is 0.291 bits per heavy atom. The maximum atomic E-state index is 5.14. The highest BCUT2D eigenvalue weighted by molar-refractivity contribution is 7.25. The quantitative estimate of drug-likeness (QED) is 0.131. The van der Waals surface area contributed by atoms with Gasteiger partial charge in [0.2, 0.25) is 0 Å². The molecular formula is C52H32N2S. The van der Waals surface area contributed by atoms with Gasteiger partial charge in [-0.25, -0.2) is 9.97 Å². The van der Waals surface area contributed by atoms with Crippen molar-refractivity contribution < 1.29 is 0 Å². The van der Waals surface area contributed by atoms with Crippen LogP contribution in [-0.2, 0) is 0 Å². The van der Waals surface area contributed by atoms with Gasteiger partial charge in [0, 0.05) is 36.9 Å². The van der Waals surface area contributed by atoms with Gasteiger partial charge in [-0.3, -0.25) is 0 Å². The summed E-state index contributed by atoms with van der Waals surface area (Å²) in [5, 5.41) is 10.2. The van der Waals surface area contributed by atoms with Crippen molar-refractivity contribution in [2.75, 3.05) is 0 Å². The van der Waals surface area contributed by atoms with E-state index in [1.54, 1.807) is 0 Å². The Morgan fingerprint density at radius 2 is 0.855 bits per heavy atom. The van der Waals surface area contributed by atoms with Gasteiger partial charge in [0.15, 0.2) is 5.82 Å². The first-order chi connectivity index (χ1) is 27.2. The van der Waals surface area contributed by atoms with Gasteiger partial charge in [0.25, 0.3) is 0 Å². The minimum atomic E-state index is 0.711. The molecule has 0 fully saturated rings. The highest BCUT2D eigenvalue weighted by Crippen LogP contribution is 2.41. The Labute approximate surface area is 322 Å². The Morgan fingerprint density at radius 3 is 1.62 bits per heavy atom. The zero-order valence-corrected chi connectivity index (χ0v) is 30.6. The van der Waals surface area contributed by atoms with E-state index in [0.29, 0.717) is 5.82 Å². The third kappa shape index (κ3) is 5.48.